The monoisotopic (exact) mass is 222 g/mol. The highest BCUT2D eigenvalue weighted by Gasteiger charge is 2.13. The zero-order valence-corrected chi connectivity index (χ0v) is 9.77. The first kappa shape index (κ1) is 12.6. The Bertz CT molecular complexity index is 349. The molecule has 0 aliphatic rings. The van der Waals surface area contributed by atoms with Gasteiger partial charge in [-0.1, -0.05) is 25.1 Å². The quantitative estimate of drug-likeness (QED) is 0.594. The summed E-state index contributed by atoms with van der Waals surface area (Å²) in [7, 11) is 1.92. The van der Waals surface area contributed by atoms with E-state index in [2.05, 4.69) is 12.2 Å². The molecule has 0 bridgehead atoms. The normalized spacial score (nSPS) is 12.4. The number of rotatable bonds is 6. The van der Waals surface area contributed by atoms with Gasteiger partial charge in [-0.15, -0.1) is 0 Å². The largest absolute Gasteiger partial charge is 0.317 e. The molecule has 1 unspecified atom stereocenters. The van der Waals surface area contributed by atoms with Crippen molar-refractivity contribution in [3.63, 3.8) is 0 Å². The highest BCUT2D eigenvalue weighted by molar-refractivity contribution is 5.39. The molecule has 0 amide bonds. The minimum Gasteiger partial charge on any atom is -0.317 e. The van der Waals surface area contributed by atoms with Crippen LogP contribution in [0.5, 0.6) is 0 Å². The molecule has 0 saturated heterocycles. The van der Waals surface area contributed by atoms with Crippen LogP contribution in [-0.2, 0) is 6.42 Å². The van der Waals surface area contributed by atoms with Crippen LogP contribution < -0.4 is 5.32 Å². The van der Waals surface area contributed by atoms with Crippen LogP contribution in [0.1, 0.15) is 25.3 Å². The van der Waals surface area contributed by atoms with E-state index in [4.69, 9.17) is 0 Å². The number of nitrogens with one attached hydrogen (secondary N) is 1. The molecule has 1 N–H and O–H groups in total. The Balaban J connectivity index is 2.69. The number of nitro groups is 1. The summed E-state index contributed by atoms with van der Waals surface area (Å²) in [6.07, 6.45) is 2.71. The molecule has 0 fully saturated rings. The SMILES string of the molecule is CCC(CCc1ccccc1[N+](=O)[O-])NC. The maximum atomic E-state index is 10.8. The van der Waals surface area contributed by atoms with Gasteiger partial charge in [-0.3, -0.25) is 10.1 Å². The number of nitrogens with zero attached hydrogens (tertiary/aromatic N) is 1. The number of benzene rings is 1. The molecule has 1 atom stereocenters. The van der Waals surface area contributed by atoms with Gasteiger partial charge in [-0.05, 0) is 26.3 Å². The Morgan fingerprint density at radius 1 is 1.44 bits per heavy atom. The van der Waals surface area contributed by atoms with Crippen molar-refractivity contribution in [3.8, 4) is 0 Å². The predicted octanol–water partition coefficient (Wildman–Crippen LogP) is 2.53. The first-order chi connectivity index (χ1) is 7.69. The average Bonchev–Trinajstić information content (AvgIpc) is 2.30. The van der Waals surface area contributed by atoms with Gasteiger partial charge in [0, 0.05) is 17.7 Å². The van der Waals surface area contributed by atoms with Gasteiger partial charge in [0.25, 0.3) is 5.69 Å². The fourth-order valence-electron chi connectivity index (χ4n) is 1.78. The van der Waals surface area contributed by atoms with Crippen LogP contribution in [0, 0.1) is 10.1 Å². The number of hydrogen-bond donors (Lipinski definition) is 1. The van der Waals surface area contributed by atoms with Gasteiger partial charge < -0.3 is 5.32 Å². The summed E-state index contributed by atoms with van der Waals surface area (Å²) in [6.45, 7) is 2.11. The lowest BCUT2D eigenvalue weighted by Gasteiger charge is -2.13. The summed E-state index contributed by atoms with van der Waals surface area (Å²) in [4.78, 5) is 10.5. The Kier molecular flexibility index (Phi) is 4.92. The highest BCUT2D eigenvalue weighted by atomic mass is 16.6. The van der Waals surface area contributed by atoms with Gasteiger partial charge in [0.15, 0.2) is 0 Å². The molecule has 1 aromatic rings. The van der Waals surface area contributed by atoms with E-state index in [0.29, 0.717) is 6.04 Å². The summed E-state index contributed by atoms with van der Waals surface area (Å²) in [5.74, 6) is 0. The third-order valence-electron chi connectivity index (χ3n) is 2.85. The van der Waals surface area contributed by atoms with Gasteiger partial charge in [0.05, 0.1) is 4.92 Å². The summed E-state index contributed by atoms with van der Waals surface area (Å²) in [6, 6.07) is 7.38. The van der Waals surface area contributed by atoms with E-state index in [1.165, 1.54) is 0 Å². The number of hydrogen-bond acceptors (Lipinski definition) is 3. The smallest absolute Gasteiger partial charge is 0.272 e. The van der Waals surface area contributed by atoms with E-state index in [1.807, 2.05) is 19.2 Å². The first-order valence-corrected chi connectivity index (χ1v) is 5.58. The summed E-state index contributed by atoms with van der Waals surface area (Å²) in [5, 5.41) is 14.0. The molecule has 0 aliphatic carbocycles. The first-order valence-electron chi connectivity index (χ1n) is 5.58. The molecule has 1 aromatic carbocycles. The second-order valence-corrected chi connectivity index (χ2v) is 3.82. The zero-order chi connectivity index (χ0) is 12.0. The van der Waals surface area contributed by atoms with Crippen molar-refractivity contribution in [2.24, 2.45) is 0 Å². The van der Waals surface area contributed by atoms with E-state index in [0.717, 1.165) is 24.8 Å². The summed E-state index contributed by atoms with van der Waals surface area (Å²) in [5.41, 5.74) is 1.05. The maximum absolute atomic E-state index is 10.8. The molecule has 1 rings (SSSR count). The van der Waals surface area contributed by atoms with Crippen molar-refractivity contribution in [1.82, 2.24) is 5.32 Å². The van der Waals surface area contributed by atoms with Crippen molar-refractivity contribution in [3.05, 3.63) is 39.9 Å². The number of nitro benzene ring substituents is 1. The topological polar surface area (TPSA) is 55.2 Å². The Morgan fingerprint density at radius 2 is 2.12 bits per heavy atom. The van der Waals surface area contributed by atoms with Gasteiger partial charge in [-0.2, -0.15) is 0 Å². The van der Waals surface area contributed by atoms with Crippen LogP contribution >= 0.6 is 0 Å². The van der Waals surface area contributed by atoms with Gasteiger partial charge in [-0.25, -0.2) is 0 Å². The van der Waals surface area contributed by atoms with Crippen LogP contribution in [0.2, 0.25) is 0 Å². The second kappa shape index (κ2) is 6.23. The molecule has 0 saturated carbocycles. The summed E-state index contributed by atoms with van der Waals surface area (Å²) >= 11 is 0. The lowest BCUT2D eigenvalue weighted by Crippen LogP contribution is -2.24. The number of aryl methyl sites for hydroxylation is 1. The fraction of sp³-hybridized carbons (Fsp3) is 0.500. The van der Waals surface area contributed by atoms with Crippen LogP contribution in [0.4, 0.5) is 5.69 Å². The van der Waals surface area contributed by atoms with E-state index in [9.17, 15) is 10.1 Å². The molecule has 16 heavy (non-hydrogen) atoms. The van der Waals surface area contributed by atoms with Crippen LogP contribution in [-0.4, -0.2) is 18.0 Å². The van der Waals surface area contributed by atoms with Crippen molar-refractivity contribution in [1.29, 1.82) is 0 Å². The Morgan fingerprint density at radius 3 is 2.69 bits per heavy atom. The lowest BCUT2D eigenvalue weighted by molar-refractivity contribution is -0.385. The zero-order valence-electron chi connectivity index (χ0n) is 9.77. The van der Waals surface area contributed by atoms with Crippen molar-refractivity contribution in [2.75, 3.05) is 7.05 Å². The summed E-state index contributed by atoms with van der Waals surface area (Å²) < 4.78 is 0. The molecule has 0 aromatic heterocycles. The van der Waals surface area contributed by atoms with Crippen molar-refractivity contribution < 1.29 is 4.92 Å². The second-order valence-electron chi connectivity index (χ2n) is 3.82. The van der Waals surface area contributed by atoms with Crippen molar-refractivity contribution >= 4 is 5.69 Å². The van der Waals surface area contributed by atoms with E-state index >= 15 is 0 Å². The fourth-order valence-corrected chi connectivity index (χ4v) is 1.78. The molecule has 4 nitrogen and oxygen atoms in total. The van der Waals surface area contributed by atoms with Crippen LogP contribution in [0.25, 0.3) is 0 Å². The minimum absolute atomic E-state index is 0.230. The van der Waals surface area contributed by atoms with Gasteiger partial charge >= 0.3 is 0 Å². The molecule has 0 spiro atoms. The van der Waals surface area contributed by atoms with Crippen LogP contribution in [0.3, 0.4) is 0 Å². The number of para-hydroxylation sites is 1. The van der Waals surface area contributed by atoms with E-state index in [1.54, 1.807) is 12.1 Å². The molecule has 4 heteroatoms. The predicted molar refractivity (Wildman–Crippen MR) is 64.6 cm³/mol. The Labute approximate surface area is 95.8 Å². The molecular weight excluding hydrogens is 204 g/mol. The standard InChI is InChI=1S/C12H18N2O2/c1-3-11(13-2)9-8-10-6-4-5-7-12(10)14(15)16/h4-7,11,13H,3,8-9H2,1-2H3. The van der Waals surface area contributed by atoms with Crippen molar-refractivity contribution in [2.45, 2.75) is 32.2 Å². The lowest BCUT2D eigenvalue weighted by atomic mass is 10.0. The van der Waals surface area contributed by atoms with Crippen LogP contribution in [0.15, 0.2) is 24.3 Å². The maximum Gasteiger partial charge on any atom is 0.272 e. The molecule has 0 radical (unpaired) electrons. The van der Waals surface area contributed by atoms with E-state index < -0.39 is 0 Å². The van der Waals surface area contributed by atoms with Gasteiger partial charge in [0.2, 0.25) is 0 Å². The van der Waals surface area contributed by atoms with Gasteiger partial charge in [0.1, 0.15) is 0 Å². The van der Waals surface area contributed by atoms with E-state index in [-0.39, 0.29) is 10.6 Å². The average molecular weight is 222 g/mol. The third-order valence-corrected chi connectivity index (χ3v) is 2.85. The molecule has 0 aliphatic heterocycles. The molecule has 88 valence electrons. The minimum atomic E-state index is -0.310. The third kappa shape index (κ3) is 3.31. The highest BCUT2D eigenvalue weighted by Crippen LogP contribution is 2.19. The Hall–Kier alpha value is -1.42. The molecular formula is C12H18N2O2. The molecule has 0 heterocycles.